The third-order valence-corrected chi connectivity index (χ3v) is 5.21. The molecule has 1 aliphatic rings. The number of carbonyl (C=O) groups excluding carboxylic acids is 1. The van der Waals surface area contributed by atoms with Crippen molar-refractivity contribution in [2.24, 2.45) is 5.92 Å². The van der Waals surface area contributed by atoms with Crippen LogP contribution in [0, 0.1) is 16.0 Å². The summed E-state index contributed by atoms with van der Waals surface area (Å²) in [5.41, 5.74) is 2.41. The van der Waals surface area contributed by atoms with Gasteiger partial charge in [-0.25, -0.2) is 0 Å². The van der Waals surface area contributed by atoms with Crippen LogP contribution in [-0.4, -0.2) is 23.9 Å². The van der Waals surface area contributed by atoms with Gasteiger partial charge in [0.05, 0.1) is 11.0 Å². The van der Waals surface area contributed by atoms with Gasteiger partial charge in [0.1, 0.15) is 0 Å². The van der Waals surface area contributed by atoms with Crippen LogP contribution in [0.5, 0.6) is 0 Å². The molecular weight excluding hydrogens is 342 g/mol. The maximum atomic E-state index is 12.4. The molecule has 1 atom stereocenters. The van der Waals surface area contributed by atoms with Gasteiger partial charge in [-0.2, -0.15) is 0 Å². The quantitative estimate of drug-likeness (QED) is 0.631. The summed E-state index contributed by atoms with van der Waals surface area (Å²) in [6.07, 6.45) is 2.44. The van der Waals surface area contributed by atoms with Crippen molar-refractivity contribution in [1.82, 2.24) is 5.32 Å². The summed E-state index contributed by atoms with van der Waals surface area (Å²) in [5, 5.41) is 13.8. The molecule has 1 heterocycles. The number of nitrogens with one attached hydrogen (secondary N) is 1. The van der Waals surface area contributed by atoms with Crippen LogP contribution in [0.15, 0.2) is 48.5 Å². The summed E-state index contributed by atoms with van der Waals surface area (Å²) in [5.74, 6) is 0.477. The van der Waals surface area contributed by atoms with Crippen molar-refractivity contribution in [3.05, 3.63) is 69.8 Å². The molecular formula is C21H25N3O3. The third kappa shape index (κ3) is 4.64. The van der Waals surface area contributed by atoms with Crippen molar-refractivity contribution in [2.45, 2.75) is 32.7 Å². The van der Waals surface area contributed by atoms with Crippen LogP contribution < -0.4 is 10.2 Å². The SMILES string of the molecule is CC1CCN(c2ccc(C(C)NC(=O)c3cccc([N+](=O)[O-])c3)cc2)CC1. The predicted molar refractivity (Wildman–Crippen MR) is 106 cm³/mol. The molecule has 0 aromatic heterocycles. The van der Waals surface area contributed by atoms with E-state index >= 15 is 0 Å². The monoisotopic (exact) mass is 367 g/mol. The average Bonchev–Trinajstić information content (AvgIpc) is 2.68. The normalized spacial score (nSPS) is 16.0. The fraction of sp³-hybridized carbons (Fsp3) is 0.381. The van der Waals surface area contributed by atoms with Gasteiger partial charge >= 0.3 is 0 Å². The molecule has 1 aliphatic heterocycles. The Morgan fingerprint density at radius 1 is 1.19 bits per heavy atom. The zero-order valence-electron chi connectivity index (χ0n) is 15.7. The lowest BCUT2D eigenvalue weighted by Crippen LogP contribution is -2.32. The molecule has 0 radical (unpaired) electrons. The van der Waals surface area contributed by atoms with E-state index in [0.29, 0.717) is 0 Å². The topological polar surface area (TPSA) is 75.5 Å². The molecule has 1 fully saturated rings. The van der Waals surface area contributed by atoms with Crippen LogP contribution >= 0.6 is 0 Å². The summed E-state index contributed by atoms with van der Waals surface area (Å²) < 4.78 is 0. The van der Waals surface area contributed by atoms with Crippen LogP contribution in [-0.2, 0) is 0 Å². The van der Waals surface area contributed by atoms with Crippen LogP contribution in [0.2, 0.25) is 0 Å². The van der Waals surface area contributed by atoms with Gasteiger partial charge in [-0.05, 0) is 49.4 Å². The lowest BCUT2D eigenvalue weighted by Gasteiger charge is -2.32. The third-order valence-electron chi connectivity index (χ3n) is 5.21. The van der Waals surface area contributed by atoms with Gasteiger partial charge in [-0.1, -0.05) is 25.1 Å². The van der Waals surface area contributed by atoms with E-state index in [9.17, 15) is 14.9 Å². The minimum Gasteiger partial charge on any atom is -0.372 e. The van der Waals surface area contributed by atoms with E-state index in [2.05, 4.69) is 29.3 Å². The van der Waals surface area contributed by atoms with Crippen molar-refractivity contribution in [2.75, 3.05) is 18.0 Å². The smallest absolute Gasteiger partial charge is 0.270 e. The van der Waals surface area contributed by atoms with Crippen LogP contribution in [0.1, 0.15) is 48.7 Å². The first-order valence-electron chi connectivity index (χ1n) is 9.34. The first-order valence-corrected chi connectivity index (χ1v) is 9.34. The molecule has 1 N–H and O–H groups in total. The molecule has 27 heavy (non-hydrogen) atoms. The Morgan fingerprint density at radius 2 is 1.85 bits per heavy atom. The molecule has 1 amide bonds. The summed E-state index contributed by atoms with van der Waals surface area (Å²) in [6.45, 7) is 6.37. The summed E-state index contributed by atoms with van der Waals surface area (Å²) in [4.78, 5) is 25.2. The van der Waals surface area contributed by atoms with E-state index in [1.807, 2.05) is 19.1 Å². The van der Waals surface area contributed by atoms with Crippen LogP contribution in [0.4, 0.5) is 11.4 Å². The Kier molecular flexibility index (Phi) is 5.74. The van der Waals surface area contributed by atoms with Gasteiger partial charge in [0.15, 0.2) is 0 Å². The van der Waals surface area contributed by atoms with Gasteiger partial charge in [-0.3, -0.25) is 14.9 Å². The molecule has 0 saturated carbocycles. The van der Waals surface area contributed by atoms with Crippen molar-refractivity contribution < 1.29 is 9.72 Å². The van der Waals surface area contributed by atoms with Crippen molar-refractivity contribution in [1.29, 1.82) is 0 Å². The van der Waals surface area contributed by atoms with E-state index in [0.717, 1.165) is 24.6 Å². The van der Waals surface area contributed by atoms with E-state index in [-0.39, 0.29) is 23.2 Å². The number of nitro groups is 1. The predicted octanol–water partition coefficient (Wildman–Crippen LogP) is 4.32. The Morgan fingerprint density at radius 3 is 2.48 bits per heavy atom. The highest BCUT2D eigenvalue weighted by Crippen LogP contribution is 2.25. The molecule has 2 aromatic rings. The number of nitro benzene ring substituents is 1. The molecule has 3 rings (SSSR count). The highest BCUT2D eigenvalue weighted by molar-refractivity contribution is 5.95. The highest BCUT2D eigenvalue weighted by Gasteiger charge is 2.17. The number of anilines is 1. The minimum absolute atomic E-state index is 0.0875. The summed E-state index contributed by atoms with van der Waals surface area (Å²) in [7, 11) is 0. The summed E-state index contributed by atoms with van der Waals surface area (Å²) in [6, 6.07) is 13.8. The molecule has 1 saturated heterocycles. The fourth-order valence-electron chi connectivity index (χ4n) is 3.36. The Bertz CT molecular complexity index is 812. The number of hydrogen-bond acceptors (Lipinski definition) is 4. The van der Waals surface area contributed by atoms with E-state index < -0.39 is 4.92 Å². The Hall–Kier alpha value is -2.89. The number of hydrogen-bond donors (Lipinski definition) is 1. The molecule has 6 nitrogen and oxygen atoms in total. The largest absolute Gasteiger partial charge is 0.372 e. The second-order valence-corrected chi connectivity index (χ2v) is 7.26. The number of benzene rings is 2. The van der Waals surface area contributed by atoms with E-state index in [4.69, 9.17) is 0 Å². The van der Waals surface area contributed by atoms with Gasteiger partial charge < -0.3 is 10.2 Å². The second-order valence-electron chi connectivity index (χ2n) is 7.26. The summed E-state index contributed by atoms with van der Waals surface area (Å²) >= 11 is 0. The zero-order valence-corrected chi connectivity index (χ0v) is 15.7. The first kappa shape index (κ1) is 18.9. The standard InChI is InChI=1S/C21H25N3O3/c1-15-10-12-23(13-11-15)19-8-6-17(7-9-19)16(2)22-21(25)18-4-3-5-20(14-18)24(26)27/h3-9,14-16H,10-13H2,1-2H3,(H,22,25). The van der Waals surface area contributed by atoms with Crippen molar-refractivity contribution in [3.63, 3.8) is 0 Å². The molecule has 0 spiro atoms. The van der Waals surface area contributed by atoms with Crippen molar-refractivity contribution in [3.8, 4) is 0 Å². The van der Waals surface area contributed by atoms with Crippen molar-refractivity contribution >= 4 is 17.3 Å². The number of carbonyl (C=O) groups is 1. The lowest BCUT2D eigenvalue weighted by molar-refractivity contribution is -0.384. The van der Waals surface area contributed by atoms with E-state index in [1.165, 1.54) is 36.7 Å². The number of piperidine rings is 1. The van der Waals surface area contributed by atoms with E-state index in [1.54, 1.807) is 6.07 Å². The van der Waals surface area contributed by atoms with Crippen LogP contribution in [0.3, 0.4) is 0 Å². The molecule has 2 aromatic carbocycles. The first-order chi connectivity index (χ1) is 12.9. The number of rotatable bonds is 5. The van der Waals surface area contributed by atoms with Crippen LogP contribution in [0.25, 0.3) is 0 Å². The van der Waals surface area contributed by atoms with Gasteiger partial charge in [0.2, 0.25) is 0 Å². The highest BCUT2D eigenvalue weighted by atomic mass is 16.6. The molecule has 142 valence electrons. The second kappa shape index (κ2) is 8.20. The van der Waals surface area contributed by atoms with Gasteiger partial charge in [0.25, 0.3) is 11.6 Å². The van der Waals surface area contributed by atoms with Gasteiger partial charge in [0, 0.05) is 36.5 Å². The molecule has 6 heteroatoms. The maximum absolute atomic E-state index is 12.4. The Labute approximate surface area is 159 Å². The number of non-ortho nitro benzene ring substituents is 1. The lowest BCUT2D eigenvalue weighted by atomic mass is 9.98. The minimum atomic E-state index is -0.500. The molecule has 0 aliphatic carbocycles. The fourth-order valence-corrected chi connectivity index (χ4v) is 3.36. The number of amides is 1. The molecule has 1 unspecified atom stereocenters. The average molecular weight is 367 g/mol. The Balaban J connectivity index is 1.64. The number of nitrogens with zero attached hydrogens (tertiary/aromatic N) is 2. The zero-order chi connectivity index (χ0) is 19.4. The van der Waals surface area contributed by atoms with Gasteiger partial charge in [-0.15, -0.1) is 0 Å². The molecule has 0 bridgehead atoms. The maximum Gasteiger partial charge on any atom is 0.270 e.